The molecule has 3 rings (SSSR count). The molecular formula is C26H28O7. The van der Waals surface area contributed by atoms with E-state index in [0.717, 1.165) is 11.1 Å². The van der Waals surface area contributed by atoms with Crippen LogP contribution < -0.4 is 28.4 Å². The van der Waals surface area contributed by atoms with Gasteiger partial charge in [-0.25, -0.2) is 0 Å². The van der Waals surface area contributed by atoms with E-state index in [1.165, 1.54) is 7.11 Å². The van der Waals surface area contributed by atoms with Crippen LogP contribution in [-0.2, 0) is 0 Å². The molecule has 33 heavy (non-hydrogen) atoms. The summed E-state index contributed by atoms with van der Waals surface area (Å²) in [6.45, 7) is 0. The normalized spacial score (nSPS) is 10.5. The molecule has 0 heterocycles. The zero-order chi connectivity index (χ0) is 24.0. The second-order valence-corrected chi connectivity index (χ2v) is 7.10. The third kappa shape index (κ3) is 4.82. The Morgan fingerprint density at radius 1 is 0.515 bits per heavy atom. The maximum atomic E-state index is 13.9. The highest BCUT2D eigenvalue weighted by atomic mass is 16.5. The van der Waals surface area contributed by atoms with E-state index in [9.17, 15) is 4.79 Å². The summed E-state index contributed by atoms with van der Waals surface area (Å²) >= 11 is 0. The van der Waals surface area contributed by atoms with Crippen LogP contribution in [0.1, 0.15) is 27.4 Å². The Labute approximate surface area is 193 Å². The topological polar surface area (TPSA) is 72.5 Å². The molecule has 0 unspecified atom stereocenters. The smallest absolute Gasteiger partial charge is 0.174 e. The van der Waals surface area contributed by atoms with Gasteiger partial charge in [0.1, 0.15) is 0 Å². The molecule has 0 amide bonds. The van der Waals surface area contributed by atoms with Crippen molar-refractivity contribution in [1.82, 2.24) is 0 Å². The molecule has 0 saturated carbocycles. The molecule has 0 atom stereocenters. The fraction of sp³-hybridized carbons (Fsp3) is 0.269. The lowest BCUT2D eigenvalue weighted by molar-refractivity contribution is 0.0973. The lowest BCUT2D eigenvalue weighted by atomic mass is 9.84. The van der Waals surface area contributed by atoms with E-state index < -0.39 is 5.92 Å². The first-order chi connectivity index (χ1) is 16.0. The van der Waals surface area contributed by atoms with Gasteiger partial charge in [-0.05, 0) is 53.6 Å². The highest BCUT2D eigenvalue weighted by molar-refractivity contribution is 6.03. The Kier molecular flexibility index (Phi) is 7.66. The third-order valence-corrected chi connectivity index (χ3v) is 5.41. The van der Waals surface area contributed by atoms with E-state index in [4.69, 9.17) is 28.4 Å². The van der Waals surface area contributed by atoms with Gasteiger partial charge >= 0.3 is 0 Å². The van der Waals surface area contributed by atoms with Gasteiger partial charge in [-0.2, -0.15) is 0 Å². The van der Waals surface area contributed by atoms with Crippen LogP contribution in [-0.4, -0.2) is 48.4 Å². The highest BCUT2D eigenvalue weighted by Crippen LogP contribution is 2.39. The minimum atomic E-state index is -0.650. The Balaban J connectivity index is 2.18. The van der Waals surface area contributed by atoms with Gasteiger partial charge in [0.25, 0.3) is 0 Å². The van der Waals surface area contributed by atoms with Crippen molar-refractivity contribution in [3.05, 3.63) is 71.3 Å². The summed E-state index contributed by atoms with van der Waals surface area (Å²) in [6.07, 6.45) is 0. The van der Waals surface area contributed by atoms with Crippen molar-refractivity contribution in [3.63, 3.8) is 0 Å². The minimum absolute atomic E-state index is 0.129. The van der Waals surface area contributed by atoms with E-state index >= 15 is 0 Å². The fourth-order valence-electron chi connectivity index (χ4n) is 3.72. The zero-order valence-electron chi connectivity index (χ0n) is 19.6. The van der Waals surface area contributed by atoms with Gasteiger partial charge in [0.2, 0.25) is 0 Å². The van der Waals surface area contributed by atoms with Crippen molar-refractivity contribution in [2.45, 2.75) is 5.92 Å². The van der Waals surface area contributed by atoms with Crippen LogP contribution in [0.15, 0.2) is 54.6 Å². The number of hydrogen-bond donors (Lipinski definition) is 0. The van der Waals surface area contributed by atoms with E-state index in [1.54, 1.807) is 78.0 Å². The Morgan fingerprint density at radius 2 is 0.879 bits per heavy atom. The van der Waals surface area contributed by atoms with E-state index in [-0.39, 0.29) is 5.78 Å². The van der Waals surface area contributed by atoms with Gasteiger partial charge in [0, 0.05) is 5.56 Å². The average Bonchev–Trinajstić information content (AvgIpc) is 2.87. The number of methoxy groups -OCH3 is 6. The van der Waals surface area contributed by atoms with Crippen molar-refractivity contribution >= 4 is 5.78 Å². The number of hydrogen-bond acceptors (Lipinski definition) is 7. The molecule has 7 heteroatoms. The van der Waals surface area contributed by atoms with E-state index in [0.29, 0.717) is 40.1 Å². The molecule has 0 aliphatic carbocycles. The number of rotatable bonds is 10. The summed E-state index contributed by atoms with van der Waals surface area (Å²) in [5, 5.41) is 0. The predicted molar refractivity (Wildman–Crippen MR) is 125 cm³/mol. The number of benzene rings is 3. The van der Waals surface area contributed by atoms with E-state index in [2.05, 4.69) is 0 Å². The Hall–Kier alpha value is -3.87. The molecule has 3 aromatic carbocycles. The fourth-order valence-corrected chi connectivity index (χ4v) is 3.72. The quantitative estimate of drug-likeness (QED) is 0.411. The lowest BCUT2D eigenvalue weighted by Gasteiger charge is -2.21. The predicted octanol–water partition coefficient (Wildman–Crippen LogP) is 4.75. The largest absolute Gasteiger partial charge is 0.493 e. The van der Waals surface area contributed by atoms with Crippen molar-refractivity contribution in [3.8, 4) is 34.5 Å². The third-order valence-electron chi connectivity index (χ3n) is 5.41. The second-order valence-electron chi connectivity index (χ2n) is 7.10. The Bertz CT molecular complexity index is 1070. The molecule has 0 saturated heterocycles. The number of carbonyl (C=O) groups excluding carboxylic acids is 1. The maximum Gasteiger partial charge on any atom is 0.174 e. The standard InChI is InChI=1S/C26H28O7/c1-28-19-10-7-16(13-22(19)31-4)25(17-8-11-20(29-2)23(14-17)32-5)26(27)18-9-12-21(30-3)24(15-18)33-6/h7-15,25H,1-6H3. The average molecular weight is 453 g/mol. The summed E-state index contributed by atoms with van der Waals surface area (Å²) < 4.78 is 32.4. The van der Waals surface area contributed by atoms with Crippen molar-refractivity contribution in [2.75, 3.05) is 42.7 Å². The molecule has 0 fully saturated rings. The molecular weight excluding hydrogens is 424 g/mol. The molecule has 0 N–H and O–H groups in total. The summed E-state index contributed by atoms with van der Waals surface area (Å²) in [5.74, 6) is 2.44. The second kappa shape index (κ2) is 10.6. The number of ketones is 1. The van der Waals surface area contributed by atoms with Crippen LogP contribution >= 0.6 is 0 Å². The monoisotopic (exact) mass is 452 g/mol. The van der Waals surface area contributed by atoms with Gasteiger partial charge in [-0.1, -0.05) is 12.1 Å². The summed E-state index contributed by atoms with van der Waals surface area (Å²) in [7, 11) is 9.34. The first kappa shape index (κ1) is 23.8. The number of carbonyl (C=O) groups is 1. The van der Waals surface area contributed by atoms with Crippen LogP contribution in [0.25, 0.3) is 0 Å². The molecule has 0 bridgehead atoms. The molecule has 3 aromatic rings. The van der Waals surface area contributed by atoms with E-state index in [1.807, 2.05) is 12.1 Å². The molecule has 7 nitrogen and oxygen atoms in total. The maximum absolute atomic E-state index is 13.9. The molecule has 174 valence electrons. The molecule has 0 spiro atoms. The molecule has 0 radical (unpaired) electrons. The molecule has 0 aliphatic rings. The van der Waals surface area contributed by atoms with Crippen LogP contribution in [0.5, 0.6) is 34.5 Å². The van der Waals surface area contributed by atoms with Gasteiger partial charge in [-0.3, -0.25) is 4.79 Å². The van der Waals surface area contributed by atoms with Gasteiger partial charge in [0.15, 0.2) is 40.3 Å². The lowest BCUT2D eigenvalue weighted by Crippen LogP contribution is -2.15. The number of ether oxygens (including phenoxy) is 6. The summed E-state index contributed by atoms with van der Waals surface area (Å²) in [6, 6.07) is 16.0. The van der Waals surface area contributed by atoms with Crippen molar-refractivity contribution < 1.29 is 33.2 Å². The first-order valence-electron chi connectivity index (χ1n) is 10.2. The molecule has 0 aliphatic heterocycles. The van der Waals surface area contributed by atoms with Gasteiger partial charge < -0.3 is 28.4 Å². The van der Waals surface area contributed by atoms with Crippen LogP contribution in [0.4, 0.5) is 0 Å². The Morgan fingerprint density at radius 3 is 1.27 bits per heavy atom. The first-order valence-corrected chi connectivity index (χ1v) is 10.2. The van der Waals surface area contributed by atoms with Gasteiger partial charge in [0.05, 0.1) is 48.6 Å². The zero-order valence-corrected chi connectivity index (χ0v) is 19.6. The highest BCUT2D eigenvalue weighted by Gasteiger charge is 2.27. The van der Waals surface area contributed by atoms with Crippen molar-refractivity contribution in [2.24, 2.45) is 0 Å². The molecule has 0 aromatic heterocycles. The summed E-state index contributed by atoms with van der Waals surface area (Å²) in [5.41, 5.74) is 1.95. The summed E-state index contributed by atoms with van der Waals surface area (Å²) in [4.78, 5) is 13.9. The van der Waals surface area contributed by atoms with Crippen LogP contribution in [0, 0.1) is 0 Å². The van der Waals surface area contributed by atoms with Crippen LogP contribution in [0.2, 0.25) is 0 Å². The van der Waals surface area contributed by atoms with Crippen LogP contribution in [0.3, 0.4) is 0 Å². The van der Waals surface area contributed by atoms with Crippen molar-refractivity contribution in [1.29, 1.82) is 0 Å². The number of Topliss-reactive ketones (excluding diaryl/α,β-unsaturated/α-hetero) is 1. The SMILES string of the molecule is COc1ccc(C(=O)C(c2ccc(OC)c(OC)c2)c2ccc(OC)c(OC)c2)cc1OC. The minimum Gasteiger partial charge on any atom is -0.493 e. The van der Waals surface area contributed by atoms with Gasteiger partial charge in [-0.15, -0.1) is 0 Å².